The molecule has 172 valence electrons. The molecular formula is C23H28N8O2. The first kappa shape index (κ1) is 22.4. The summed E-state index contributed by atoms with van der Waals surface area (Å²) in [6.07, 6.45) is 7.39. The number of carbonyl (C=O) groups excluding carboxylic acids is 1. The van der Waals surface area contributed by atoms with Crippen molar-refractivity contribution in [1.82, 2.24) is 19.9 Å². The highest BCUT2D eigenvalue weighted by Crippen LogP contribution is 2.31. The van der Waals surface area contributed by atoms with E-state index < -0.39 is 5.91 Å². The van der Waals surface area contributed by atoms with Crippen LogP contribution in [-0.2, 0) is 0 Å². The molecule has 0 saturated carbocycles. The Hall–Kier alpha value is -3.79. The third-order valence-electron chi connectivity index (χ3n) is 6.07. The van der Waals surface area contributed by atoms with Gasteiger partial charge in [-0.15, -0.1) is 0 Å². The molecule has 10 nitrogen and oxygen atoms in total. The van der Waals surface area contributed by atoms with Crippen LogP contribution in [0.2, 0.25) is 0 Å². The lowest BCUT2D eigenvalue weighted by molar-refractivity contribution is 0.102. The molecule has 0 unspecified atom stereocenters. The Morgan fingerprint density at radius 1 is 1.18 bits per heavy atom. The Labute approximate surface area is 192 Å². The van der Waals surface area contributed by atoms with Crippen molar-refractivity contribution < 1.29 is 9.53 Å². The summed E-state index contributed by atoms with van der Waals surface area (Å²) >= 11 is 0. The maximum atomic E-state index is 13.1. The third-order valence-corrected chi connectivity index (χ3v) is 6.07. The number of nitrogens with two attached hydrogens (primary N) is 2. The maximum Gasteiger partial charge on any atom is 0.279 e. The molecule has 4 heterocycles. The molecule has 0 aliphatic carbocycles. The third kappa shape index (κ3) is 4.70. The number of nitrogens with zero attached hydrogens (tertiary/aromatic N) is 5. The van der Waals surface area contributed by atoms with Crippen LogP contribution in [0.4, 0.5) is 17.3 Å². The van der Waals surface area contributed by atoms with E-state index in [0.717, 1.165) is 38.0 Å². The number of carbonyl (C=O) groups is 1. The molecule has 1 aliphatic rings. The molecule has 10 heteroatoms. The van der Waals surface area contributed by atoms with E-state index in [1.165, 1.54) is 13.3 Å². The van der Waals surface area contributed by atoms with Gasteiger partial charge in [-0.3, -0.25) is 9.78 Å². The second-order valence-electron chi connectivity index (χ2n) is 8.07. The molecule has 0 bridgehead atoms. The smallest absolute Gasteiger partial charge is 0.279 e. The van der Waals surface area contributed by atoms with Gasteiger partial charge in [-0.05, 0) is 43.5 Å². The van der Waals surface area contributed by atoms with Gasteiger partial charge in [0.05, 0.1) is 19.0 Å². The van der Waals surface area contributed by atoms with Crippen molar-refractivity contribution >= 4 is 23.2 Å². The first-order chi connectivity index (χ1) is 15.9. The van der Waals surface area contributed by atoms with E-state index in [2.05, 4.69) is 37.1 Å². The maximum absolute atomic E-state index is 13.1. The second kappa shape index (κ2) is 9.37. The van der Waals surface area contributed by atoms with E-state index in [1.54, 1.807) is 24.5 Å². The van der Waals surface area contributed by atoms with Gasteiger partial charge in [-0.2, -0.15) is 0 Å². The van der Waals surface area contributed by atoms with Crippen LogP contribution in [0.5, 0.6) is 5.75 Å². The Bertz CT molecular complexity index is 1140. The van der Waals surface area contributed by atoms with E-state index in [1.807, 2.05) is 12.1 Å². The van der Waals surface area contributed by atoms with Gasteiger partial charge in [0.15, 0.2) is 17.3 Å². The zero-order valence-corrected chi connectivity index (χ0v) is 18.8. The fraction of sp³-hybridized carbons (Fsp3) is 0.348. The van der Waals surface area contributed by atoms with Gasteiger partial charge >= 0.3 is 0 Å². The highest BCUT2D eigenvalue weighted by Gasteiger charge is 2.30. The monoisotopic (exact) mass is 448 g/mol. The van der Waals surface area contributed by atoms with E-state index in [9.17, 15) is 4.79 Å². The van der Waals surface area contributed by atoms with Crippen molar-refractivity contribution in [2.24, 2.45) is 5.73 Å². The molecule has 1 amide bonds. The summed E-state index contributed by atoms with van der Waals surface area (Å²) in [4.78, 5) is 32.6. The lowest BCUT2D eigenvalue weighted by Gasteiger charge is -2.40. The molecule has 4 rings (SSSR count). The van der Waals surface area contributed by atoms with Gasteiger partial charge in [0.2, 0.25) is 0 Å². The predicted molar refractivity (Wildman–Crippen MR) is 127 cm³/mol. The van der Waals surface area contributed by atoms with Gasteiger partial charge in [0.1, 0.15) is 17.1 Å². The van der Waals surface area contributed by atoms with Crippen molar-refractivity contribution in [2.75, 3.05) is 36.1 Å². The highest BCUT2D eigenvalue weighted by molar-refractivity contribution is 6.06. The van der Waals surface area contributed by atoms with E-state index >= 15 is 0 Å². The summed E-state index contributed by atoms with van der Waals surface area (Å²) in [6.45, 7) is 3.69. The van der Waals surface area contributed by atoms with Crippen LogP contribution in [0.15, 0.2) is 42.9 Å². The Kier molecular flexibility index (Phi) is 6.36. The molecule has 0 aromatic carbocycles. The molecule has 1 fully saturated rings. The number of aromatic nitrogens is 4. The molecule has 5 N–H and O–H groups in total. The zero-order valence-electron chi connectivity index (χ0n) is 18.8. The summed E-state index contributed by atoms with van der Waals surface area (Å²) in [6, 6.07) is 7.28. The number of rotatable bonds is 6. The topological polar surface area (TPSA) is 145 Å². The van der Waals surface area contributed by atoms with Gasteiger partial charge in [-0.1, -0.05) is 6.92 Å². The zero-order chi connectivity index (χ0) is 23.4. The van der Waals surface area contributed by atoms with Gasteiger partial charge in [-0.25, -0.2) is 15.0 Å². The van der Waals surface area contributed by atoms with Crippen molar-refractivity contribution in [3.63, 3.8) is 0 Å². The number of piperidine rings is 1. The highest BCUT2D eigenvalue weighted by atomic mass is 16.5. The fourth-order valence-electron chi connectivity index (χ4n) is 3.89. The predicted octanol–water partition coefficient (Wildman–Crippen LogP) is 2.48. The van der Waals surface area contributed by atoms with Crippen LogP contribution < -0.4 is 26.4 Å². The van der Waals surface area contributed by atoms with E-state index in [0.29, 0.717) is 23.0 Å². The molecule has 33 heavy (non-hydrogen) atoms. The minimum Gasteiger partial charge on any atom is -0.494 e. The van der Waals surface area contributed by atoms with Crippen molar-refractivity contribution in [2.45, 2.75) is 31.7 Å². The lowest BCUT2D eigenvalue weighted by Crippen LogP contribution is -2.50. The number of nitrogen functional groups attached to an aromatic ring is 1. The van der Waals surface area contributed by atoms with Gasteiger partial charge in [0, 0.05) is 31.0 Å². The first-order valence-electron chi connectivity index (χ1n) is 10.9. The Morgan fingerprint density at radius 3 is 2.64 bits per heavy atom. The van der Waals surface area contributed by atoms with Crippen molar-refractivity contribution in [3.8, 4) is 17.1 Å². The van der Waals surface area contributed by atoms with Crippen LogP contribution in [-0.4, -0.2) is 51.6 Å². The molecule has 3 aromatic rings. The standard InChI is InChI=1S/C23H28N8O2/c1-3-23(25)8-12-31(13-9-23)16-6-4-11-27-21(16)30-22(32)19-20(24)28-14-15(29-19)18-17(33-2)7-5-10-26-18/h4-7,10-11,14H,3,8-9,12-13,25H2,1-2H3,(H2,24,28)(H,27,30,32). The number of hydrogen-bond donors (Lipinski definition) is 3. The molecule has 0 spiro atoms. The summed E-state index contributed by atoms with van der Waals surface area (Å²) in [5.74, 6) is 0.460. The van der Waals surface area contributed by atoms with E-state index in [-0.39, 0.29) is 17.1 Å². The number of amides is 1. The summed E-state index contributed by atoms with van der Waals surface area (Å²) in [7, 11) is 1.54. The number of pyridine rings is 2. The molecule has 0 radical (unpaired) electrons. The average molecular weight is 449 g/mol. The Balaban J connectivity index is 1.59. The normalized spacial score (nSPS) is 15.2. The van der Waals surface area contributed by atoms with Crippen LogP contribution >= 0.6 is 0 Å². The Morgan fingerprint density at radius 2 is 1.91 bits per heavy atom. The molecule has 1 saturated heterocycles. The first-order valence-corrected chi connectivity index (χ1v) is 10.9. The van der Waals surface area contributed by atoms with E-state index in [4.69, 9.17) is 16.2 Å². The lowest BCUT2D eigenvalue weighted by atomic mass is 9.86. The summed E-state index contributed by atoms with van der Waals surface area (Å²) in [5.41, 5.74) is 14.0. The largest absolute Gasteiger partial charge is 0.494 e. The molecular weight excluding hydrogens is 420 g/mol. The summed E-state index contributed by atoms with van der Waals surface area (Å²) in [5, 5.41) is 2.85. The van der Waals surface area contributed by atoms with Crippen LogP contribution in [0.25, 0.3) is 11.4 Å². The van der Waals surface area contributed by atoms with Crippen LogP contribution in [0.3, 0.4) is 0 Å². The van der Waals surface area contributed by atoms with Crippen LogP contribution in [0.1, 0.15) is 36.7 Å². The van der Waals surface area contributed by atoms with Gasteiger partial charge in [0.25, 0.3) is 5.91 Å². The number of ether oxygens (including phenoxy) is 1. The number of nitrogens with one attached hydrogen (secondary N) is 1. The average Bonchev–Trinajstić information content (AvgIpc) is 2.85. The number of anilines is 3. The minimum atomic E-state index is -0.504. The fourth-order valence-corrected chi connectivity index (χ4v) is 3.89. The number of methoxy groups -OCH3 is 1. The minimum absolute atomic E-state index is 0.0115. The molecule has 3 aromatic heterocycles. The SMILES string of the molecule is CCC1(N)CCN(c2cccnc2NC(=O)c2nc(-c3ncccc3OC)cnc2N)CC1. The molecule has 1 aliphatic heterocycles. The van der Waals surface area contributed by atoms with Crippen molar-refractivity contribution in [1.29, 1.82) is 0 Å². The summed E-state index contributed by atoms with van der Waals surface area (Å²) < 4.78 is 5.35. The van der Waals surface area contributed by atoms with Crippen molar-refractivity contribution in [3.05, 3.63) is 48.5 Å². The molecule has 0 atom stereocenters. The number of hydrogen-bond acceptors (Lipinski definition) is 9. The quantitative estimate of drug-likeness (QED) is 0.517. The van der Waals surface area contributed by atoms with Crippen LogP contribution in [0, 0.1) is 0 Å². The second-order valence-corrected chi connectivity index (χ2v) is 8.07. The van der Waals surface area contributed by atoms with Gasteiger partial charge < -0.3 is 26.4 Å².